The van der Waals surface area contributed by atoms with Crippen molar-refractivity contribution in [3.8, 4) is 0 Å². The fraction of sp³-hybridized carbons (Fsp3) is 0.250. The minimum atomic E-state index is -2.98. The zero-order valence-corrected chi connectivity index (χ0v) is 9.33. The third kappa shape index (κ3) is 3.05. The molecule has 1 heterocycles. The normalized spacial score (nSPS) is 10.7. The Morgan fingerprint density at radius 1 is 1.60 bits per heavy atom. The molecule has 1 aromatic rings. The molecule has 0 unspecified atom stereocenters. The Hall–Kier alpha value is -0.860. The van der Waals surface area contributed by atoms with Crippen molar-refractivity contribution in [3.05, 3.63) is 26.8 Å². The van der Waals surface area contributed by atoms with Gasteiger partial charge in [-0.05, 0) is 28.7 Å². The summed E-state index contributed by atoms with van der Waals surface area (Å²) in [5, 5.41) is 8.43. The molecule has 0 amide bonds. The van der Waals surface area contributed by atoms with Crippen LogP contribution in [0.5, 0.6) is 0 Å². The van der Waals surface area contributed by atoms with Crippen molar-refractivity contribution in [1.29, 1.82) is 0 Å². The zero-order valence-electron chi connectivity index (χ0n) is 7.18. The van der Waals surface area contributed by atoms with Gasteiger partial charge in [0.15, 0.2) is 5.82 Å². The van der Waals surface area contributed by atoms with E-state index in [4.69, 9.17) is 5.11 Å². The van der Waals surface area contributed by atoms with Crippen molar-refractivity contribution in [2.45, 2.75) is 12.8 Å². The number of pyridine rings is 1. The SMILES string of the molecule is O=C(O)Cc1cc(C(F)F)c(F)c(I)n1. The summed E-state index contributed by atoms with van der Waals surface area (Å²) in [6.45, 7) is 0. The van der Waals surface area contributed by atoms with Crippen LogP contribution in [0.3, 0.4) is 0 Å². The number of halogens is 4. The summed E-state index contributed by atoms with van der Waals surface area (Å²) >= 11 is 1.44. The van der Waals surface area contributed by atoms with Crippen molar-refractivity contribution in [1.82, 2.24) is 4.98 Å². The minimum Gasteiger partial charge on any atom is -0.481 e. The third-order valence-corrected chi connectivity index (χ3v) is 2.28. The highest BCUT2D eigenvalue weighted by molar-refractivity contribution is 14.1. The Bertz CT molecular complexity index is 398. The number of hydrogen-bond acceptors (Lipinski definition) is 2. The molecule has 0 bridgehead atoms. The van der Waals surface area contributed by atoms with Gasteiger partial charge in [-0.25, -0.2) is 18.2 Å². The van der Waals surface area contributed by atoms with Crippen molar-refractivity contribution in [3.63, 3.8) is 0 Å². The molecule has 15 heavy (non-hydrogen) atoms. The maximum Gasteiger partial charge on any atom is 0.309 e. The number of nitrogens with zero attached hydrogens (tertiary/aromatic N) is 1. The Labute approximate surface area is 96.5 Å². The van der Waals surface area contributed by atoms with E-state index in [1.54, 1.807) is 0 Å². The summed E-state index contributed by atoms with van der Waals surface area (Å²) in [6.07, 6.45) is -3.48. The topological polar surface area (TPSA) is 50.2 Å². The molecule has 0 fully saturated rings. The van der Waals surface area contributed by atoms with E-state index >= 15 is 0 Å². The smallest absolute Gasteiger partial charge is 0.309 e. The molecule has 0 aliphatic rings. The zero-order chi connectivity index (χ0) is 11.6. The summed E-state index contributed by atoms with van der Waals surface area (Å²) < 4.78 is 37.4. The number of rotatable bonds is 3. The Morgan fingerprint density at radius 2 is 2.20 bits per heavy atom. The maximum absolute atomic E-state index is 13.1. The van der Waals surface area contributed by atoms with Crippen LogP contribution < -0.4 is 0 Å². The maximum atomic E-state index is 13.1. The molecule has 82 valence electrons. The highest BCUT2D eigenvalue weighted by Gasteiger charge is 2.19. The molecule has 0 saturated heterocycles. The lowest BCUT2D eigenvalue weighted by Gasteiger charge is -2.05. The van der Waals surface area contributed by atoms with Gasteiger partial charge >= 0.3 is 5.97 Å². The molecule has 1 aromatic heterocycles. The number of carboxylic acid groups (broad SMARTS) is 1. The second-order valence-electron chi connectivity index (χ2n) is 2.68. The predicted octanol–water partition coefficient (Wildman–Crippen LogP) is 2.39. The molecule has 0 radical (unpaired) electrons. The van der Waals surface area contributed by atoms with E-state index in [1.807, 2.05) is 0 Å². The van der Waals surface area contributed by atoms with Crippen LogP contribution in [0.2, 0.25) is 0 Å². The summed E-state index contributed by atoms with van der Waals surface area (Å²) in [5.74, 6) is -2.30. The third-order valence-electron chi connectivity index (χ3n) is 1.57. The molecule has 1 rings (SSSR count). The molecule has 0 aliphatic heterocycles. The van der Waals surface area contributed by atoms with Gasteiger partial charge < -0.3 is 5.11 Å². The second kappa shape index (κ2) is 4.77. The molecule has 0 aliphatic carbocycles. The lowest BCUT2D eigenvalue weighted by Crippen LogP contribution is -2.07. The van der Waals surface area contributed by atoms with Gasteiger partial charge in [-0.2, -0.15) is 0 Å². The molecule has 0 aromatic carbocycles. The predicted molar refractivity (Wildman–Crippen MR) is 53.2 cm³/mol. The molecular formula is C8H5F3INO2. The molecule has 1 N–H and O–H groups in total. The van der Waals surface area contributed by atoms with Crippen LogP contribution >= 0.6 is 22.6 Å². The number of carbonyl (C=O) groups is 1. The van der Waals surface area contributed by atoms with E-state index in [-0.39, 0.29) is 9.39 Å². The first-order chi connectivity index (χ1) is 6.91. The van der Waals surface area contributed by atoms with Crippen LogP contribution in [-0.2, 0) is 11.2 Å². The van der Waals surface area contributed by atoms with Crippen molar-refractivity contribution < 1.29 is 23.1 Å². The first-order valence-corrected chi connectivity index (χ1v) is 4.84. The Morgan fingerprint density at radius 3 is 2.67 bits per heavy atom. The molecule has 3 nitrogen and oxygen atoms in total. The molecule has 0 spiro atoms. The average Bonchev–Trinajstić information content (AvgIpc) is 2.09. The van der Waals surface area contributed by atoms with Crippen LogP contribution in [-0.4, -0.2) is 16.1 Å². The first-order valence-electron chi connectivity index (χ1n) is 3.76. The molecular weight excluding hydrogens is 326 g/mol. The lowest BCUT2D eigenvalue weighted by molar-refractivity contribution is -0.136. The summed E-state index contributed by atoms with van der Waals surface area (Å²) in [5.41, 5.74) is -0.894. The van der Waals surface area contributed by atoms with Gasteiger partial charge in [0.2, 0.25) is 0 Å². The van der Waals surface area contributed by atoms with E-state index in [2.05, 4.69) is 4.98 Å². The Kier molecular flexibility index (Phi) is 3.89. The van der Waals surface area contributed by atoms with Crippen molar-refractivity contribution >= 4 is 28.6 Å². The average molecular weight is 331 g/mol. The quantitative estimate of drug-likeness (QED) is 0.684. The first kappa shape index (κ1) is 12.2. The fourth-order valence-electron chi connectivity index (χ4n) is 0.974. The second-order valence-corrected chi connectivity index (χ2v) is 3.70. The van der Waals surface area contributed by atoms with Crippen LogP contribution in [0.1, 0.15) is 17.7 Å². The van der Waals surface area contributed by atoms with Gasteiger partial charge in [0.25, 0.3) is 6.43 Å². The Balaban J connectivity index is 3.17. The van der Waals surface area contributed by atoms with E-state index in [0.717, 1.165) is 6.07 Å². The van der Waals surface area contributed by atoms with Crippen molar-refractivity contribution in [2.75, 3.05) is 0 Å². The van der Waals surface area contributed by atoms with E-state index in [0.29, 0.717) is 0 Å². The minimum absolute atomic E-state index is 0.0800. The highest BCUT2D eigenvalue weighted by atomic mass is 127. The van der Waals surface area contributed by atoms with Crippen LogP contribution in [0.4, 0.5) is 13.2 Å². The number of aromatic nitrogens is 1. The summed E-state index contributed by atoms with van der Waals surface area (Å²) in [4.78, 5) is 13.9. The van der Waals surface area contributed by atoms with Crippen LogP contribution in [0.15, 0.2) is 6.07 Å². The van der Waals surface area contributed by atoms with Gasteiger partial charge in [-0.15, -0.1) is 0 Å². The number of carboxylic acids is 1. The van der Waals surface area contributed by atoms with Gasteiger partial charge in [-0.1, -0.05) is 0 Å². The lowest BCUT2D eigenvalue weighted by atomic mass is 10.2. The monoisotopic (exact) mass is 331 g/mol. The van der Waals surface area contributed by atoms with Crippen LogP contribution in [0, 0.1) is 9.52 Å². The van der Waals surface area contributed by atoms with E-state index < -0.39 is 30.2 Å². The number of alkyl halides is 2. The van der Waals surface area contributed by atoms with E-state index in [9.17, 15) is 18.0 Å². The van der Waals surface area contributed by atoms with Gasteiger partial charge in [0.05, 0.1) is 17.7 Å². The molecule has 0 saturated carbocycles. The van der Waals surface area contributed by atoms with E-state index in [1.165, 1.54) is 22.6 Å². The summed E-state index contributed by atoms with van der Waals surface area (Å²) in [7, 11) is 0. The van der Waals surface area contributed by atoms with Gasteiger partial charge in [0, 0.05) is 0 Å². The standard InChI is InChI=1S/C8H5F3INO2/c9-6-4(7(10)11)1-3(2-5(14)15)13-8(6)12/h1,7H,2H2,(H,14,15). The van der Waals surface area contributed by atoms with Crippen LogP contribution in [0.25, 0.3) is 0 Å². The van der Waals surface area contributed by atoms with Gasteiger partial charge in [0.1, 0.15) is 3.70 Å². The summed E-state index contributed by atoms with van der Waals surface area (Å²) in [6, 6.07) is 0.774. The number of hydrogen-bond donors (Lipinski definition) is 1. The largest absolute Gasteiger partial charge is 0.481 e. The van der Waals surface area contributed by atoms with Gasteiger partial charge in [-0.3, -0.25) is 4.79 Å². The fourth-order valence-corrected chi connectivity index (χ4v) is 1.59. The molecule has 0 atom stereocenters. The number of aliphatic carboxylic acids is 1. The highest BCUT2D eigenvalue weighted by Crippen LogP contribution is 2.25. The molecule has 7 heteroatoms. The van der Waals surface area contributed by atoms with Crippen molar-refractivity contribution in [2.24, 2.45) is 0 Å².